The number of benzene rings is 2. The number of rotatable bonds is 5. The van der Waals surface area contributed by atoms with E-state index in [-0.39, 0.29) is 5.56 Å². The van der Waals surface area contributed by atoms with Crippen molar-refractivity contribution in [3.8, 4) is 17.0 Å². The summed E-state index contributed by atoms with van der Waals surface area (Å²) in [6.45, 7) is 0. The summed E-state index contributed by atoms with van der Waals surface area (Å²) in [6.07, 6.45) is 0. The molecule has 0 aliphatic carbocycles. The fourth-order valence-electron chi connectivity index (χ4n) is 2.18. The number of hydrogen-bond acceptors (Lipinski definition) is 5. The molecule has 1 aromatic heterocycles. The first-order valence-electron chi connectivity index (χ1n) is 7.37. The van der Waals surface area contributed by atoms with Crippen molar-refractivity contribution in [2.45, 2.75) is 10.9 Å². The van der Waals surface area contributed by atoms with E-state index in [1.165, 1.54) is 17.8 Å². The third-order valence-corrected chi connectivity index (χ3v) is 4.41. The molecule has 2 aromatic carbocycles. The minimum Gasteiger partial charge on any atom is -0.497 e. The van der Waals surface area contributed by atoms with Crippen molar-refractivity contribution in [1.29, 1.82) is 0 Å². The van der Waals surface area contributed by atoms with Crippen molar-refractivity contribution in [3.63, 3.8) is 0 Å². The van der Waals surface area contributed by atoms with Crippen LogP contribution in [0.25, 0.3) is 11.3 Å². The molecule has 3 N–H and O–H groups in total. The second-order valence-electron chi connectivity index (χ2n) is 5.19. The highest BCUT2D eigenvalue weighted by Crippen LogP contribution is 2.23. The lowest BCUT2D eigenvalue weighted by Gasteiger charge is -2.06. The average Bonchev–Trinajstić information content (AvgIpc) is 2.61. The fraction of sp³-hybridized carbons (Fsp3) is 0.111. The summed E-state index contributed by atoms with van der Waals surface area (Å²) in [4.78, 5) is 19.2. The zero-order valence-corrected chi connectivity index (χ0v) is 14.0. The zero-order chi connectivity index (χ0) is 16.9. The number of anilines is 1. The van der Waals surface area contributed by atoms with Crippen LogP contribution in [-0.2, 0) is 5.75 Å². The Labute approximate surface area is 143 Å². The van der Waals surface area contributed by atoms with Gasteiger partial charge in [0.05, 0.1) is 12.8 Å². The maximum atomic E-state index is 11.9. The first-order chi connectivity index (χ1) is 11.6. The number of ether oxygens (including phenoxy) is 1. The molecular formula is C18H17N3O2S. The molecule has 0 aliphatic heterocycles. The summed E-state index contributed by atoms with van der Waals surface area (Å²) in [7, 11) is 1.62. The molecule has 0 bridgehead atoms. The third kappa shape index (κ3) is 3.97. The van der Waals surface area contributed by atoms with Gasteiger partial charge in [-0.25, -0.2) is 4.98 Å². The number of methoxy groups -OCH3 is 1. The van der Waals surface area contributed by atoms with Crippen LogP contribution >= 0.6 is 11.8 Å². The minimum absolute atomic E-state index is 0.171. The summed E-state index contributed by atoms with van der Waals surface area (Å²) in [5, 5.41) is 0.588. The van der Waals surface area contributed by atoms with Crippen molar-refractivity contribution in [3.05, 3.63) is 70.5 Å². The molecule has 1 heterocycles. The van der Waals surface area contributed by atoms with E-state index in [4.69, 9.17) is 10.5 Å². The predicted molar refractivity (Wildman–Crippen MR) is 97.3 cm³/mol. The maximum Gasteiger partial charge on any atom is 0.252 e. The van der Waals surface area contributed by atoms with E-state index < -0.39 is 0 Å². The molecule has 0 fully saturated rings. The van der Waals surface area contributed by atoms with Gasteiger partial charge in [-0.3, -0.25) is 4.79 Å². The Balaban J connectivity index is 1.80. The summed E-state index contributed by atoms with van der Waals surface area (Å²) >= 11 is 1.48. The van der Waals surface area contributed by atoms with E-state index in [1.807, 2.05) is 48.5 Å². The van der Waals surface area contributed by atoms with Crippen LogP contribution in [0, 0.1) is 0 Å². The van der Waals surface area contributed by atoms with E-state index in [9.17, 15) is 4.79 Å². The molecule has 0 saturated carbocycles. The minimum atomic E-state index is -0.171. The van der Waals surface area contributed by atoms with Gasteiger partial charge in [0.15, 0.2) is 5.16 Å². The molecule has 5 nitrogen and oxygen atoms in total. The first kappa shape index (κ1) is 16.1. The van der Waals surface area contributed by atoms with E-state index in [2.05, 4.69) is 9.97 Å². The molecule has 0 saturated heterocycles. The topological polar surface area (TPSA) is 81.0 Å². The summed E-state index contributed by atoms with van der Waals surface area (Å²) in [5.74, 6) is 1.47. The maximum absolute atomic E-state index is 11.9. The molecule has 24 heavy (non-hydrogen) atoms. The second kappa shape index (κ2) is 7.23. The van der Waals surface area contributed by atoms with Gasteiger partial charge in [0.1, 0.15) is 5.75 Å². The first-order valence-corrected chi connectivity index (χ1v) is 8.35. The Morgan fingerprint density at radius 2 is 1.83 bits per heavy atom. The smallest absolute Gasteiger partial charge is 0.252 e. The van der Waals surface area contributed by atoms with Crippen molar-refractivity contribution >= 4 is 17.4 Å². The monoisotopic (exact) mass is 339 g/mol. The van der Waals surface area contributed by atoms with Crippen LogP contribution in [0.4, 0.5) is 5.69 Å². The normalized spacial score (nSPS) is 10.5. The lowest BCUT2D eigenvalue weighted by atomic mass is 10.1. The number of hydrogen-bond donors (Lipinski definition) is 2. The Morgan fingerprint density at radius 1 is 1.12 bits per heavy atom. The molecule has 0 spiro atoms. The summed E-state index contributed by atoms with van der Waals surface area (Å²) in [6, 6.07) is 16.6. The number of thioether (sulfide) groups is 1. The Hall–Kier alpha value is -2.73. The number of aromatic amines is 1. The number of nitrogen functional groups attached to an aromatic ring is 1. The van der Waals surface area contributed by atoms with E-state index in [1.54, 1.807) is 7.11 Å². The zero-order valence-electron chi connectivity index (χ0n) is 13.2. The number of nitrogens with one attached hydrogen (secondary N) is 1. The lowest BCUT2D eigenvalue weighted by Crippen LogP contribution is -2.08. The van der Waals surface area contributed by atoms with Crippen molar-refractivity contribution in [2.75, 3.05) is 12.8 Å². The van der Waals surface area contributed by atoms with Gasteiger partial charge < -0.3 is 15.5 Å². The van der Waals surface area contributed by atoms with Crippen molar-refractivity contribution in [2.24, 2.45) is 0 Å². The van der Waals surface area contributed by atoms with Gasteiger partial charge in [-0.2, -0.15) is 0 Å². The molecule has 6 heteroatoms. The molecule has 0 amide bonds. The third-order valence-electron chi connectivity index (χ3n) is 3.46. The van der Waals surface area contributed by atoms with Crippen molar-refractivity contribution in [1.82, 2.24) is 9.97 Å². The molecule has 0 atom stereocenters. The summed E-state index contributed by atoms with van der Waals surface area (Å²) in [5.41, 5.74) is 8.87. The quantitative estimate of drug-likeness (QED) is 0.423. The number of nitrogens with zero attached hydrogens (tertiary/aromatic N) is 1. The largest absolute Gasteiger partial charge is 0.497 e. The van der Waals surface area contributed by atoms with E-state index >= 15 is 0 Å². The molecule has 0 aliphatic rings. The molecule has 3 aromatic rings. The van der Waals surface area contributed by atoms with Crippen LogP contribution in [0.15, 0.2) is 64.5 Å². The van der Waals surface area contributed by atoms with Crippen LogP contribution in [0.3, 0.4) is 0 Å². The van der Waals surface area contributed by atoms with Crippen LogP contribution in [-0.4, -0.2) is 17.1 Å². The standard InChI is InChI=1S/C18H17N3O2S/c1-23-15-8-4-13(5-9-15)16-10-17(22)21-18(20-16)24-11-12-2-6-14(19)7-3-12/h2-10H,11,19H2,1H3,(H,20,21,22). The molecule has 0 radical (unpaired) electrons. The van der Waals surface area contributed by atoms with Gasteiger partial charge in [0, 0.05) is 23.1 Å². The Morgan fingerprint density at radius 3 is 2.50 bits per heavy atom. The molecule has 0 unspecified atom stereocenters. The lowest BCUT2D eigenvalue weighted by molar-refractivity contribution is 0.415. The second-order valence-corrected chi connectivity index (χ2v) is 6.16. The van der Waals surface area contributed by atoms with Gasteiger partial charge in [0.25, 0.3) is 5.56 Å². The molecule has 3 rings (SSSR count). The van der Waals surface area contributed by atoms with E-state index in [0.29, 0.717) is 16.6 Å². The molecule has 122 valence electrons. The van der Waals surface area contributed by atoms with Gasteiger partial charge >= 0.3 is 0 Å². The highest BCUT2D eigenvalue weighted by Gasteiger charge is 2.06. The van der Waals surface area contributed by atoms with Crippen LogP contribution < -0.4 is 16.0 Å². The molecular weight excluding hydrogens is 322 g/mol. The van der Waals surface area contributed by atoms with Crippen molar-refractivity contribution < 1.29 is 4.74 Å². The van der Waals surface area contributed by atoms with Crippen LogP contribution in [0.1, 0.15) is 5.56 Å². The van der Waals surface area contributed by atoms with Crippen LogP contribution in [0.2, 0.25) is 0 Å². The highest BCUT2D eigenvalue weighted by atomic mass is 32.2. The van der Waals surface area contributed by atoms with Gasteiger partial charge in [-0.1, -0.05) is 23.9 Å². The number of nitrogens with two attached hydrogens (primary N) is 1. The Bertz CT molecular complexity index is 874. The average molecular weight is 339 g/mol. The Kier molecular flexibility index (Phi) is 4.86. The highest BCUT2D eigenvalue weighted by molar-refractivity contribution is 7.98. The number of aromatic nitrogens is 2. The van der Waals surface area contributed by atoms with Gasteiger partial charge in [-0.05, 0) is 42.0 Å². The number of H-pyrrole nitrogens is 1. The van der Waals surface area contributed by atoms with E-state index in [0.717, 1.165) is 22.6 Å². The SMILES string of the molecule is COc1ccc(-c2cc(=O)[nH]c(SCc3ccc(N)cc3)n2)cc1. The van der Waals surface area contributed by atoms with Crippen LogP contribution in [0.5, 0.6) is 5.75 Å². The van der Waals surface area contributed by atoms with Gasteiger partial charge in [0.2, 0.25) is 0 Å². The predicted octanol–water partition coefficient (Wildman–Crippen LogP) is 3.32. The fourth-order valence-corrected chi connectivity index (χ4v) is 3.01. The summed E-state index contributed by atoms with van der Waals surface area (Å²) < 4.78 is 5.15. The van der Waals surface area contributed by atoms with Gasteiger partial charge in [-0.15, -0.1) is 0 Å².